The summed E-state index contributed by atoms with van der Waals surface area (Å²) in [5, 5.41) is 0. The lowest BCUT2D eigenvalue weighted by Crippen LogP contribution is -2.55. The van der Waals surface area contributed by atoms with Crippen molar-refractivity contribution < 1.29 is 14.3 Å². The van der Waals surface area contributed by atoms with Gasteiger partial charge in [0.1, 0.15) is 5.54 Å². The fourth-order valence-corrected chi connectivity index (χ4v) is 3.50. The molecular weight excluding hydrogens is 218 g/mol. The number of carbonyl (C=O) groups is 2. The van der Waals surface area contributed by atoms with E-state index in [1.54, 1.807) is 0 Å². The van der Waals surface area contributed by atoms with E-state index in [1.807, 2.05) is 32.0 Å². The molecule has 0 unspecified atom stereocenters. The van der Waals surface area contributed by atoms with Gasteiger partial charge in [0.25, 0.3) is 0 Å². The van der Waals surface area contributed by atoms with Crippen LogP contribution in [0, 0.1) is 11.8 Å². The van der Waals surface area contributed by atoms with Crippen LogP contribution < -0.4 is 0 Å². The molecule has 3 atom stereocenters. The average Bonchev–Trinajstić information content (AvgIpc) is 2.77. The number of Topliss-reactive ketones (excluding diaryl/α,β-unsaturated/α-hetero) is 1. The Labute approximate surface area is 102 Å². The zero-order valence-electron chi connectivity index (χ0n) is 10.8. The first kappa shape index (κ1) is 12.3. The van der Waals surface area contributed by atoms with E-state index in [-0.39, 0.29) is 23.6 Å². The second kappa shape index (κ2) is 3.95. The largest absolute Gasteiger partial charge is 0.469 e. The number of esters is 1. The van der Waals surface area contributed by atoms with Gasteiger partial charge in [-0.3, -0.25) is 14.5 Å². The summed E-state index contributed by atoms with van der Waals surface area (Å²) in [4.78, 5) is 26.2. The molecule has 0 heterocycles. The van der Waals surface area contributed by atoms with Crippen molar-refractivity contribution in [3.05, 3.63) is 11.6 Å². The fraction of sp³-hybridized carbons (Fsp3) is 0.692. The molecule has 0 aromatic rings. The second-order valence-electron chi connectivity index (χ2n) is 4.99. The van der Waals surface area contributed by atoms with Crippen LogP contribution in [0.1, 0.15) is 19.8 Å². The highest BCUT2D eigenvalue weighted by molar-refractivity contribution is 6.05. The summed E-state index contributed by atoms with van der Waals surface area (Å²) < 4.78 is 4.86. The number of nitrogens with zero attached hydrogens (tertiary/aromatic N) is 1. The normalized spacial score (nSPS) is 35.4. The lowest BCUT2D eigenvalue weighted by atomic mass is 9.77. The Kier molecular flexibility index (Phi) is 2.86. The van der Waals surface area contributed by atoms with Gasteiger partial charge in [-0.05, 0) is 32.5 Å². The Hall–Kier alpha value is -1.16. The number of ketones is 1. The van der Waals surface area contributed by atoms with Crippen molar-refractivity contribution in [1.29, 1.82) is 0 Å². The maximum atomic E-state index is 12.4. The molecule has 0 aromatic heterocycles. The minimum Gasteiger partial charge on any atom is -0.469 e. The zero-order chi connectivity index (χ0) is 12.8. The molecule has 94 valence electrons. The lowest BCUT2D eigenvalue weighted by molar-refractivity contribution is -0.150. The van der Waals surface area contributed by atoms with Crippen LogP contribution in [0.5, 0.6) is 0 Å². The second-order valence-corrected chi connectivity index (χ2v) is 4.99. The van der Waals surface area contributed by atoms with E-state index >= 15 is 0 Å². The first-order valence-electron chi connectivity index (χ1n) is 6.00. The Bertz CT molecular complexity index is 399. The van der Waals surface area contributed by atoms with Crippen LogP contribution in [0.4, 0.5) is 0 Å². The molecule has 2 rings (SSSR count). The highest BCUT2D eigenvalue weighted by Gasteiger charge is 2.64. The summed E-state index contributed by atoms with van der Waals surface area (Å²) in [5.74, 6) is -0.556. The van der Waals surface area contributed by atoms with Crippen molar-refractivity contribution >= 4 is 11.8 Å². The van der Waals surface area contributed by atoms with Crippen LogP contribution in [-0.2, 0) is 14.3 Å². The Morgan fingerprint density at radius 2 is 2.24 bits per heavy atom. The summed E-state index contributed by atoms with van der Waals surface area (Å²) in [6.07, 6.45) is 3.43. The summed E-state index contributed by atoms with van der Waals surface area (Å²) in [5.41, 5.74) is 0.325. The molecule has 2 bridgehead atoms. The predicted molar refractivity (Wildman–Crippen MR) is 63.4 cm³/mol. The van der Waals surface area contributed by atoms with Crippen LogP contribution in [0.15, 0.2) is 11.6 Å². The third kappa shape index (κ3) is 1.33. The zero-order valence-corrected chi connectivity index (χ0v) is 10.8. The quantitative estimate of drug-likeness (QED) is 0.543. The number of rotatable bonds is 3. The average molecular weight is 237 g/mol. The maximum absolute atomic E-state index is 12.4. The summed E-state index contributed by atoms with van der Waals surface area (Å²) >= 11 is 0. The number of likely N-dealkylation sites (N-methyl/N-ethyl adjacent to an activating group) is 1. The maximum Gasteiger partial charge on any atom is 0.311 e. The van der Waals surface area contributed by atoms with Gasteiger partial charge in [-0.25, -0.2) is 0 Å². The highest BCUT2D eigenvalue weighted by Crippen LogP contribution is 2.52. The van der Waals surface area contributed by atoms with Gasteiger partial charge in [0.2, 0.25) is 0 Å². The van der Waals surface area contributed by atoms with Gasteiger partial charge in [-0.1, -0.05) is 13.0 Å². The van der Waals surface area contributed by atoms with Gasteiger partial charge < -0.3 is 4.74 Å². The smallest absolute Gasteiger partial charge is 0.311 e. The standard InChI is InChI=1S/C13H19NO3/c1-5-9-6-8-7-10(12(16)17-4)13(9,11(8)15)14(2)3/h6,8,10H,5,7H2,1-4H3/t8-,10+,13+/m1/s1. The number of methoxy groups -OCH3 is 1. The topological polar surface area (TPSA) is 46.6 Å². The first-order valence-corrected chi connectivity index (χ1v) is 6.00. The van der Waals surface area contributed by atoms with Crippen molar-refractivity contribution in [3.63, 3.8) is 0 Å². The molecular formula is C13H19NO3. The van der Waals surface area contributed by atoms with Crippen LogP contribution in [0.3, 0.4) is 0 Å². The van der Waals surface area contributed by atoms with Crippen molar-refractivity contribution in [2.24, 2.45) is 11.8 Å². The summed E-state index contributed by atoms with van der Waals surface area (Å²) in [6.45, 7) is 2.03. The minimum absolute atomic E-state index is 0.101. The van der Waals surface area contributed by atoms with E-state index in [0.29, 0.717) is 6.42 Å². The van der Waals surface area contributed by atoms with Crippen molar-refractivity contribution in [3.8, 4) is 0 Å². The van der Waals surface area contributed by atoms with E-state index < -0.39 is 5.54 Å². The van der Waals surface area contributed by atoms with Crippen molar-refractivity contribution in [2.45, 2.75) is 25.3 Å². The first-order chi connectivity index (χ1) is 7.99. The van der Waals surface area contributed by atoms with Gasteiger partial charge >= 0.3 is 5.97 Å². The van der Waals surface area contributed by atoms with Gasteiger partial charge in [0.15, 0.2) is 5.78 Å². The molecule has 0 radical (unpaired) electrons. The number of hydrogen-bond donors (Lipinski definition) is 0. The van der Waals surface area contributed by atoms with E-state index in [4.69, 9.17) is 4.74 Å². The number of hydrogen-bond acceptors (Lipinski definition) is 4. The molecule has 4 heteroatoms. The molecule has 2 aliphatic rings. The molecule has 0 N–H and O–H groups in total. The Balaban J connectivity index is 2.51. The van der Waals surface area contributed by atoms with Crippen molar-refractivity contribution in [2.75, 3.05) is 21.2 Å². The van der Waals surface area contributed by atoms with Crippen molar-refractivity contribution in [1.82, 2.24) is 4.90 Å². The van der Waals surface area contributed by atoms with E-state index in [0.717, 1.165) is 12.0 Å². The molecule has 0 amide bonds. The molecule has 0 aromatic carbocycles. The summed E-state index contributed by atoms with van der Waals surface area (Å²) in [7, 11) is 5.12. The molecule has 0 saturated heterocycles. The molecule has 2 aliphatic carbocycles. The van der Waals surface area contributed by atoms with E-state index in [9.17, 15) is 9.59 Å². The van der Waals surface area contributed by atoms with Gasteiger partial charge in [0, 0.05) is 5.92 Å². The van der Waals surface area contributed by atoms with Crippen LogP contribution >= 0.6 is 0 Å². The fourth-order valence-electron chi connectivity index (χ4n) is 3.50. The number of allylic oxidation sites excluding steroid dienone is 1. The third-order valence-electron chi connectivity index (χ3n) is 4.17. The summed E-state index contributed by atoms with van der Waals surface area (Å²) in [6, 6.07) is 0. The van der Waals surface area contributed by atoms with Gasteiger partial charge in [-0.15, -0.1) is 0 Å². The Morgan fingerprint density at radius 1 is 1.59 bits per heavy atom. The number of fused-ring (bicyclic) bond motifs is 2. The Morgan fingerprint density at radius 3 is 2.71 bits per heavy atom. The van der Waals surface area contributed by atoms with E-state index in [2.05, 4.69) is 0 Å². The molecule has 1 fully saturated rings. The molecule has 0 spiro atoms. The predicted octanol–water partition coefficient (Wildman–Crippen LogP) is 1.01. The molecule has 1 saturated carbocycles. The number of carbonyl (C=O) groups excluding carboxylic acids is 2. The molecule has 4 nitrogen and oxygen atoms in total. The monoisotopic (exact) mass is 237 g/mol. The van der Waals surface area contributed by atoms with Gasteiger partial charge in [0.05, 0.1) is 13.0 Å². The van der Waals surface area contributed by atoms with Crippen LogP contribution in [0.25, 0.3) is 0 Å². The third-order valence-corrected chi connectivity index (χ3v) is 4.17. The molecule has 17 heavy (non-hydrogen) atoms. The minimum atomic E-state index is -0.744. The SMILES string of the molecule is CCC1=C[C@@H]2C[C@@H](C(=O)OC)[C@]1(N(C)C)C2=O. The lowest BCUT2D eigenvalue weighted by Gasteiger charge is -2.39. The van der Waals surface area contributed by atoms with E-state index in [1.165, 1.54) is 7.11 Å². The van der Waals surface area contributed by atoms with Crippen LogP contribution in [-0.4, -0.2) is 43.4 Å². The molecule has 0 aliphatic heterocycles. The number of ether oxygens (including phenoxy) is 1. The van der Waals surface area contributed by atoms with Gasteiger partial charge in [-0.2, -0.15) is 0 Å². The highest BCUT2D eigenvalue weighted by atomic mass is 16.5. The van der Waals surface area contributed by atoms with Crippen LogP contribution in [0.2, 0.25) is 0 Å².